The van der Waals surface area contributed by atoms with E-state index in [4.69, 9.17) is 0 Å². The third-order valence-corrected chi connectivity index (χ3v) is 4.16. The molecule has 0 aliphatic rings. The number of pyridine rings is 1. The van der Waals surface area contributed by atoms with Gasteiger partial charge in [-0.3, -0.25) is 9.59 Å². The fraction of sp³-hybridized carbons (Fsp3) is 0.143. The van der Waals surface area contributed by atoms with Gasteiger partial charge in [0.15, 0.2) is 0 Å². The van der Waals surface area contributed by atoms with E-state index in [0.717, 1.165) is 11.1 Å². The van der Waals surface area contributed by atoms with Gasteiger partial charge in [0.2, 0.25) is 0 Å². The summed E-state index contributed by atoms with van der Waals surface area (Å²) in [6.07, 6.45) is -0.831. The number of aliphatic hydroxyl groups excluding tert-OH is 1. The summed E-state index contributed by atoms with van der Waals surface area (Å²) in [5, 5.41) is 12.8. The lowest BCUT2D eigenvalue weighted by atomic mass is 10.1. The Morgan fingerprint density at radius 2 is 1.73 bits per heavy atom. The van der Waals surface area contributed by atoms with Crippen molar-refractivity contribution in [1.82, 2.24) is 10.3 Å². The molecule has 5 nitrogen and oxygen atoms in total. The maximum atomic E-state index is 12.3. The Bertz CT molecular complexity index is 947. The molecule has 0 aliphatic heterocycles. The number of carbonyl (C=O) groups is 1. The lowest BCUT2D eigenvalue weighted by molar-refractivity contribution is 0.0915. The van der Waals surface area contributed by atoms with Gasteiger partial charge in [0.1, 0.15) is 5.56 Å². The van der Waals surface area contributed by atoms with Crippen LogP contribution in [-0.4, -0.2) is 22.5 Å². The van der Waals surface area contributed by atoms with Crippen LogP contribution < -0.4 is 10.9 Å². The predicted molar refractivity (Wildman–Crippen MR) is 101 cm³/mol. The van der Waals surface area contributed by atoms with Crippen LogP contribution in [-0.2, 0) is 0 Å². The Hall–Kier alpha value is -3.18. The number of aromatic amines is 1. The molecule has 1 aromatic heterocycles. The molecule has 1 amide bonds. The summed E-state index contributed by atoms with van der Waals surface area (Å²) in [4.78, 5) is 27.2. The van der Waals surface area contributed by atoms with Crippen molar-refractivity contribution in [1.29, 1.82) is 0 Å². The number of nitrogens with one attached hydrogen (secondary N) is 2. The van der Waals surface area contributed by atoms with E-state index in [1.54, 1.807) is 6.07 Å². The average molecular weight is 348 g/mol. The topological polar surface area (TPSA) is 82.2 Å². The molecular weight excluding hydrogens is 328 g/mol. The van der Waals surface area contributed by atoms with Crippen molar-refractivity contribution in [2.75, 3.05) is 6.54 Å². The van der Waals surface area contributed by atoms with E-state index in [9.17, 15) is 14.7 Å². The molecule has 0 radical (unpaired) electrons. The van der Waals surface area contributed by atoms with Crippen LogP contribution in [0.1, 0.15) is 27.6 Å². The molecule has 2 aromatic carbocycles. The van der Waals surface area contributed by atoms with Crippen LogP contribution in [0.4, 0.5) is 0 Å². The summed E-state index contributed by atoms with van der Waals surface area (Å²) in [5.41, 5.74) is 2.87. The highest BCUT2D eigenvalue weighted by Gasteiger charge is 2.14. The summed E-state index contributed by atoms with van der Waals surface area (Å²) in [5.74, 6) is -0.517. The first-order chi connectivity index (χ1) is 12.5. The number of aromatic nitrogens is 1. The van der Waals surface area contributed by atoms with Crippen LogP contribution in [0.3, 0.4) is 0 Å². The Balaban J connectivity index is 1.68. The number of carbonyl (C=O) groups excluding carboxylic acids is 1. The molecule has 132 valence electrons. The van der Waals surface area contributed by atoms with E-state index in [-0.39, 0.29) is 12.1 Å². The van der Waals surface area contributed by atoms with Crippen molar-refractivity contribution in [2.45, 2.75) is 13.0 Å². The molecule has 3 N–H and O–H groups in total. The van der Waals surface area contributed by atoms with Crippen molar-refractivity contribution in [3.8, 4) is 11.3 Å². The number of rotatable bonds is 5. The highest BCUT2D eigenvalue weighted by molar-refractivity contribution is 5.94. The molecule has 5 heteroatoms. The number of hydrogen-bond acceptors (Lipinski definition) is 3. The summed E-state index contributed by atoms with van der Waals surface area (Å²) in [7, 11) is 0. The van der Waals surface area contributed by atoms with Gasteiger partial charge in [-0.15, -0.1) is 0 Å². The monoisotopic (exact) mass is 348 g/mol. The van der Waals surface area contributed by atoms with Crippen molar-refractivity contribution in [3.63, 3.8) is 0 Å². The minimum Gasteiger partial charge on any atom is -0.387 e. The van der Waals surface area contributed by atoms with Gasteiger partial charge >= 0.3 is 0 Å². The number of hydrogen-bond donors (Lipinski definition) is 3. The Morgan fingerprint density at radius 3 is 2.38 bits per heavy atom. The first kappa shape index (κ1) is 17.6. The third-order valence-electron chi connectivity index (χ3n) is 4.16. The van der Waals surface area contributed by atoms with Crippen LogP contribution in [0.5, 0.6) is 0 Å². The van der Waals surface area contributed by atoms with E-state index in [1.807, 2.05) is 61.5 Å². The maximum absolute atomic E-state index is 12.3. The molecule has 0 aliphatic carbocycles. The van der Waals surface area contributed by atoms with E-state index in [1.165, 1.54) is 6.07 Å². The summed E-state index contributed by atoms with van der Waals surface area (Å²) < 4.78 is 0. The fourth-order valence-electron chi connectivity index (χ4n) is 2.63. The Kier molecular flexibility index (Phi) is 5.29. The zero-order valence-corrected chi connectivity index (χ0v) is 14.4. The molecule has 0 saturated heterocycles. The highest BCUT2D eigenvalue weighted by Crippen LogP contribution is 2.15. The van der Waals surface area contributed by atoms with Crippen LogP contribution in [0.25, 0.3) is 11.3 Å². The number of H-pyrrole nitrogens is 1. The van der Waals surface area contributed by atoms with Crippen molar-refractivity contribution in [3.05, 3.63) is 93.8 Å². The van der Waals surface area contributed by atoms with Crippen LogP contribution in [0.2, 0.25) is 0 Å². The van der Waals surface area contributed by atoms with Crippen LogP contribution in [0.15, 0.2) is 71.5 Å². The summed E-state index contributed by atoms with van der Waals surface area (Å²) >= 11 is 0. The molecular formula is C21H20N2O3. The molecule has 3 rings (SSSR count). The predicted octanol–water partition coefficient (Wildman–Crippen LogP) is 2.81. The van der Waals surface area contributed by atoms with Gasteiger partial charge in [-0.25, -0.2) is 0 Å². The zero-order chi connectivity index (χ0) is 18.5. The summed E-state index contributed by atoms with van der Waals surface area (Å²) in [6, 6.07) is 20.0. The second-order valence-corrected chi connectivity index (χ2v) is 6.12. The number of aliphatic hydroxyl groups is 1. The second-order valence-electron chi connectivity index (χ2n) is 6.12. The molecule has 1 atom stereocenters. The van der Waals surface area contributed by atoms with Crippen molar-refractivity contribution in [2.24, 2.45) is 0 Å². The molecule has 0 bridgehead atoms. The van der Waals surface area contributed by atoms with E-state index >= 15 is 0 Å². The zero-order valence-electron chi connectivity index (χ0n) is 14.4. The van der Waals surface area contributed by atoms with Gasteiger partial charge in [0.05, 0.1) is 6.10 Å². The van der Waals surface area contributed by atoms with E-state index in [0.29, 0.717) is 11.3 Å². The van der Waals surface area contributed by atoms with Crippen LogP contribution >= 0.6 is 0 Å². The van der Waals surface area contributed by atoms with Crippen LogP contribution in [0, 0.1) is 6.92 Å². The summed E-state index contributed by atoms with van der Waals surface area (Å²) in [6.45, 7) is 1.99. The number of aryl methyl sites for hydroxylation is 1. The normalized spacial score (nSPS) is 11.8. The van der Waals surface area contributed by atoms with Gasteiger partial charge in [0.25, 0.3) is 11.5 Å². The van der Waals surface area contributed by atoms with Gasteiger partial charge in [-0.2, -0.15) is 0 Å². The molecule has 0 saturated carbocycles. The first-order valence-corrected chi connectivity index (χ1v) is 8.36. The van der Waals surface area contributed by atoms with E-state index in [2.05, 4.69) is 10.3 Å². The Morgan fingerprint density at radius 1 is 1.04 bits per heavy atom. The smallest absolute Gasteiger partial charge is 0.261 e. The van der Waals surface area contributed by atoms with Gasteiger partial charge in [-0.1, -0.05) is 60.2 Å². The number of amides is 1. The second kappa shape index (κ2) is 7.80. The number of benzene rings is 2. The fourth-order valence-corrected chi connectivity index (χ4v) is 2.63. The highest BCUT2D eigenvalue weighted by atomic mass is 16.3. The first-order valence-electron chi connectivity index (χ1n) is 8.36. The minimum atomic E-state index is -0.831. The van der Waals surface area contributed by atoms with Crippen molar-refractivity contribution < 1.29 is 9.90 Å². The lowest BCUT2D eigenvalue weighted by Crippen LogP contribution is -2.32. The van der Waals surface area contributed by atoms with Gasteiger partial charge in [-0.05, 0) is 30.2 Å². The molecule has 1 heterocycles. The van der Waals surface area contributed by atoms with Gasteiger partial charge in [0, 0.05) is 12.2 Å². The maximum Gasteiger partial charge on any atom is 0.261 e. The molecule has 0 unspecified atom stereocenters. The minimum absolute atomic E-state index is 0.0146. The third kappa shape index (κ3) is 4.07. The molecule has 3 aromatic rings. The van der Waals surface area contributed by atoms with Gasteiger partial charge < -0.3 is 15.4 Å². The standard InChI is InChI=1S/C21H20N2O3/c1-14-7-9-16(10-8-14)19(24)13-22-20(25)17-11-12-18(23-21(17)26)15-5-3-2-4-6-15/h2-12,19,24H,13H2,1H3,(H,22,25)(H,23,26)/t19-/m1/s1. The van der Waals surface area contributed by atoms with Crippen molar-refractivity contribution >= 4 is 5.91 Å². The Labute approximate surface area is 151 Å². The quantitative estimate of drug-likeness (QED) is 0.663. The molecule has 0 fully saturated rings. The molecule has 0 spiro atoms. The van der Waals surface area contributed by atoms with E-state index < -0.39 is 17.6 Å². The molecule has 26 heavy (non-hydrogen) atoms. The lowest BCUT2D eigenvalue weighted by Gasteiger charge is -2.12. The SMILES string of the molecule is Cc1ccc([C@H](O)CNC(=O)c2ccc(-c3ccccc3)[nH]c2=O)cc1. The average Bonchev–Trinajstić information content (AvgIpc) is 2.67. The largest absolute Gasteiger partial charge is 0.387 e.